The molecule has 30 heavy (non-hydrogen) atoms. The smallest absolute Gasteiger partial charge is 0.291 e. The van der Waals surface area contributed by atoms with Crippen LogP contribution in [0.4, 0.5) is 5.82 Å². The first kappa shape index (κ1) is 21.2. The molecule has 3 aromatic rings. The van der Waals surface area contributed by atoms with E-state index >= 15 is 0 Å². The van der Waals surface area contributed by atoms with Gasteiger partial charge in [-0.05, 0) is 18.9 Å². The number of amides is 2. The molecular formula is C20H26N8O2. The van der Waals surface area contributed by atoms with Crippen LogP contribution in [0.1, 0.15) is 53.5 Å². The summed E-state index contributed by atoms with van der Waals surface area (Å²) >= 11 is 0. The van der Waals surface area contributed by atoms with Crippen LogP contribution in [0.5, 0.6) is 0 Å². The molecule has 10 heteroatoms. The molecule has 0 unspecified atom stereocenters. The maximum atomic E-state index is 12.2. The van der Waals surface area contributed by atoms with Crippen LogP contribution in [0.3, 0.4) is 0 Å². The highest BCUT2D eigenvalue weighted by atomic mass is 16.2. The molecule has 0 radical (unpaired) electrons. The number of carbonyl (C=O) groups excluding carboxylic acids is 2. The van der Waals surface area contributed by atoms with Crippen molar-refractivity contribution in [3.05, 3.63) is 41.9 Å². The predicted octanol–water partition coefficient (Wildman–Crippen LogP) is 2.01. The van der Waals surface area contributed by atoms with Crippen LogP contribution >= 0.6 is 0 Å². The highest BCUT2D eigenvalue weighted by Crippen LogP contribution is 2.28. The van der Waals surface area contributed by atoms with E-state index in [2.05, 4.69) is 49.4 Å². The Morgan fingerprint density at radius 1 is 1.13 bits per heavy atom. The Morgan fingerprint density at radius 3 is 2.43 bits per heavy atom. The zero-order valence-corrected chi connectivity index (χ0v) is 17.7. The van der Waals surface area contributed by atoms with Crippen molar-refractivity contribution in [3.8, 4) is 0 Å². The van der Waals surface area contributed by atoms with Gasteiger partial charge in [-0.3, -0.25) is 9.59 Å². The highest BCUT2D eigenvalue weighted by Gasteiger charge is 2.21. The van der Waals surface area contributed by atoms with E-state index in [0.717, 1.165) is 5.56 Å². The van der Waals surface area contributed by atoms with E-state index in [9.17, 15) is 9.59 Å². The molecule has 0 aliphatic heterocycles. The molecule has 0 aliphatic rings. The summed E-state index contributed by atoms with van der Waals surface area (Å²) in [5.74, 6) is 0.470. The lowest BCUT2D eigenvalue weighted by Crippen LogP contribution is -2.24. The van der Waals surface area contributed by atoms with Crippen molar-refractivity contribution in [1.82, 2.24) is 35.1 Å². The lowest BCUT2D eigenvalue weighted by Gasteiger charge is -2.23. The normalized spacial score (nSPS) is 12.1. The summed E-state index contributed by atoms with van der Waals surface area (Å²) in [4.78, 5) is 45.7. The second-order valence-electron chi connectivity index (χ2n) is 7.43. The number of hydrogen-bond acceptors (Lipinski definition) is 7. The van der Waals surface area contributed by atoms with Gasteiger partial charge in [-0.1, -0.05) is 13.8 Å². The molecule has 0 aromatic carbocycles. The van der Waals surface area contributed by atoms with Crippen molar-refractivity contribution >= 4 is 28.7 Å². The summed E-state index contributed by atoms with van der Waals surface area (Å²) in [5, 5.41) is 6.89. The predicted molar refractivity (Wildman–Crippen MR) is 113 cm³/mol. The molecule has 0 aliphatic carbocycles. The molecule has 3 aromatic heterocycles. The number of carbonyl (C=O) groups is 2. The monoisotopic (exact) mass is 410 g/mol. The number of aromatic nitrogens is 5. The topological polar surface area (TPSA) is 129 Å². The summed E-state index contributed by atoms with van der Waals surface area (Å²) in [5.41, 5.74) is 1.82. The molecular weight excluding hydrogens is 384 g/mol. The number of H-pyrrole nitrogens is 1. The summed E-state index contributed by atoms with van der Waals surface area (Å²) in [6, 6.07) is 1.57. The Labute approximate surface area is 174 Å². The first-order valence-corrected chi connectivity index (χ1v) is 9.73. The molecule has 0 saturated heterocycles. The quantitative estimate of drug-likeness (QED) is 0.543. The lowest BCUT2D eigenvalue weighted by molar-refractivity contribution is 0.0815. The molecule has 0 fully saturated rings. The third-order valence-electron chi connectivity index (χ3n) is 4.59. The van der Waals surface area contributed by atoms with Gasteiger partial charge in [0.2, 0.25) is 5.82 Å². The maximum Gasteiger partial charge on any atom is 0.291 e. The van der Waals surface area contributed by atoms with Crippen molar-refractivity contribution in [3.63, 3.8) is 0 Å². The van der Waals surface area contributed by atoms with Crippen molar-refractivity contribution < 1.29 is 9.59 Å². The first-order valence-electron chi connectivity index (χ1n) is 9.73. The number of aromatic amines is 1. The highest BCUT2D eigenvalue weighted by molar-refractivity contribution is 5.99. The largest absolute Gasteiger partial charge is 0.362 e. The molecule has 0 spiro atoms. The van der Waals surface area contributed by atoms with E-state index in [-0.39, 0.29) is 29.6 Å². The minimum atomic E-state index is -0.252. The van der Waals surface area contributed by atoms with Gasteiger partial charge in [0, 0.05) is 38.6 Å². The van der Waals surface area contributed by atoms with Gasteiger partial charge in [-0.15, -0.1) is 0 Å². The van der Waals surface area contributed by atoms with Crippen LogP contribution in [0.2, 0.25) is 0 Å². The minimum Gasteiger partial charge on any atom is -0.362 e. The van der Waals surface area contributed by atoms with E-state index in [1.165, 1.54) is 11.2 Å². The number of rotatable bonds is 7. The van der Waals surface area contributed by atoms with Gasteiger partial charge in [0.15, 0.2) is 0 Å². The number of hydrogen-bond donors (Lipinski definition) is 3. The Morgan fingerprint density at radius 2 is 1.83 bits per heavy atom. The van der Waals surface area contributed by atoms with Gasteiger partial charge in [0.05, 0.1) is 11.4 Å². The Hall–Kier alpha value is -3.56. The average molecular weight is 410 g/mol. The summed E-state index contributed by atoms with van der Waals surface area (Å²) in [6.07, 6.45) is 4.74. The average Bonchev–Trinajstić information content (AvgIpc) is 3.17. The van der Waals surface area contributed by atoms with Gasteiger partial charge in [0.25, 0.3) is 11.8 Å². The van der Waals surface area contributed by atoms with Gasteiger partial charge in [-0.25, -0.2) is 19.9 Å². The number of nitrogens with zero attached hydrogens (tertiary/aromatic N) is 5. The molecule has 158 valence electrons. The molecule has 2 amide bonds. The zero-order valence-electron chi connectivity index (χ0n) is 17.7. The van der Waals surface area contributed by atoms with Crippen LogP contribution in [0.15, 0.2) is 24.8 Å². The molecule has 10 nitrogen and oxygen atoms in total. The van der Waals surface area contributed by atoms with Crippen LogP contribution in [0.25, 0.3) is 11.0 Å². The van der Waals surface area contributed by atoms with E-state index in [1.54, 1.807) is 32.6 Å². The fourth-order valence-electron chi connectivity index (χ4n) is 3.02. The second-order valence-corrected chi connectivity index (χ2v) is 7.43. The number of nitrogens with one attached hydrogen (secondary N) is 3. The first-order chi connectivity index (χ1) is 14.3. The Bertz CT molecular complexity index is 1040. The standard InChI is InChI=1S/C20H26N8O2/c1-6-21-19(29)14-7-13-16(26-14)24-10-25-17(13)27-15(11(2)3)12-8-22-18(23-9-12)20(30)28(4)5/h7-11,15H,6H2,1-5H3,(H,21,29)(H2,24,25,26,27)/t15-/m0/s1. The summed E-state index contributed by atoms with van der Waals surface area (Å²) in [6.45, 7) is 6.52. The zero-order chi connectivity index (χ0) is 21.8. The van der Waals surface area contributed by atoms with Crippen molar-refractivity contribution in [1.29, 1.82) is 0 Å². The van der Waals surface area contributed by atoms with Crippen molar-refractivity contribution in [2.24, 2.45) is 5.92 Å². The number of anilines is 1. The van der Waals surface area contributed by atoms with Gasteiger partial charge >= 0.3 is 0 Å². The Kier molecular flexibility index (Phi) is 6.24. The molecule has 3 rings (SSSR count). The fraction of sp³-hybridized carbons (Fsp3) is 0.400. The van der Waals surface area contributed by atoms with E-state index < -0.39 is 0 Å². The summed E-state index contributed by atoms with van der Waals surface area (Å²) in [7, 11) is 3.31. The maximum absolute atomic E-state index is 12.2. The van der Waals surface area contributed by atoms with Crippen molar-refractivity contribution in [2.45, 2.75) is 26.8 Å². The van der Waals surface area contributed by atoms with Crippen LogP contribution < -0.4 is 10.6 Å². The Balaban J connectivity index is 1.91. The molecule has 3 N–H and O–H groups in total. The van der Waals surface area contributed by atoms with E-state index in [4.69, 9.17) is 0 Å². The second kappa shape index (κ2) is 8.85. The van der Waals surface area contributed by atoms with Crippen LogP contribution in [0, 0.1) is 5.92 Å². The van der Waals surface area contributed by atoms with Gasteiger partial charge < -0.3 is 20.5 Å². The van der Waals surface area contributed by atoms with Crippen LogP contribution in [-0.2, 0) is 0 Å². The SMILES string of the molecule is CCNC(=O)c1cc2c(N[C@H](c3cnc(C(=O)N(C)C)nc3)C(C)C)ncnc2[nH]1. The third-order valence-corrected chi connectivity index (χ3v) is 4.59. The third kappa shape index (κ3) is 4.37. The molecule has 0 bridgehead atoms. The van der Waals surface area contributed by atoms with Gasteiger partial charge in [0.1, 0.15) is 23.5 Å². The van der Waals surface area contributed by atoms with E-state index in [0.29, 0.717) is 29.1 Å². The molecule has 1 atom stereocenters. The lowest BCUT2D eigenvalue weighted by atomic mass is 9.98. The fourth-order valence-corrected chi connectivity index (χ4v) is 3.02. The van der Waals surface area contributed by atoms with Crippen LogP contribution in [-0.4, -0.2) is 62.3 Å². The number of fused-ring (bicyclic) bond motifs is 1. The van der Waals surface area contributed by atoms with Gasteiger partial charge in [-0.2, -0.15) is 0 Å². The van der Waals surface area contributed by atoms with E-state index in [1.807, 2.05) is 6.92 Å². The minimum absolute atomic E-state index is 0.146. The van der Waals surface area contributed by atoms with Crippen molar-refractivity contribution in [2.75, 3.05) is 26.0 Å². The summed E-state index contributed by atoms with van der Waals surface area (Å²) < 4.78 is 0. The molecule has 3 heterocycles. The molecule has 0 saturated carbocycles.